The van der Waals surface area contributed by atoms with Gasteiger partial charge in [0, 0.05) is 6.08 Å². The van der Waals surface area contributed by atoms with Crippen molar-refractivity contribution in [2.45, 2.75) is 52.6 Å². The third-order valence-electron chi connectivity index (χ3n) is 6.27. The Kier molecular flexibility index (Phi) is 5.69. The van der Waals surface area contributed by atoms with Crippen molar-refractivity contribution in [3.05, 3.63) is 53.6 Å². The zero-order chi connectivity index (χ0) is 20.5. The number of aromatic hydroxyl groups is 2. The Hall–Kier alpha value is -2.49. The lowest BCUT2D eigenvalue weighted by Crippen LogP contribution is -2.37. The largest absolute Gasteiger partial charge is 0.504 e. The Morgan fingerprint density at radius 3 is 2.75 bits per heavy atom. The average Bonchev–Trinajstić information content (AvgIpc) is 2.61. The summed E-state index contributed by atoms with van der Waals surface area (Å²) >= 11 is 0. The molecule has 0 radical (unpaired) electrons. The number of fused-ring (bicyclic) bond motifs is 2. The number of phenolic OH excluding ortho intramolecular Hbond substituents is 2. The first-order chi connectivity index (χ1) is 13.2. The summed E-state index contributed by atoms with van der Waals surface area (Å²) in [6.07, 6.45) is 8.89. The van der Waals surface area contributed by atoms with Crippen LogP contribution in [0.15, 0.2) is 48.1 Å². The molecule has 4 nitrogen and oxygen atoms in total. The molecule has 4 heteroatoms. The van der Waals surface area contributed by atoms with Crippen LogP contribution in [0.2, 0.25) is 0 Å². The van der Waals surface area contributed by atoms with Crippen LogP contribution in [0.4, 0.5) is 0 Å². The van der Waals surface area contributed by atoms with Gasteiger partial charge in [-0.2, -0.15) is 0 Å². The van der Waals surface area contributed by atoms with E-state index in [0.29, 0.717) is 17.4 Å². The third kappa shape index (κ3) is 4.49. The molecule has 2 aliphatic carbocycles. The van der Waals surface area contributed by atoms with Gasteiger partial charge in [-0.3, -0.25) is 0 Å². The molecular weight excluding hydrogens is 352 g/mol. The van der Waals surface area contributed by atoms with Crippen LogP contribution in [0.3, 0.4) is 0 Å². The highest BCUT2D eigenvalue weighted by atomic mass is 16.5. The van der Waals surface area contributed by atoms with Crippen molar-refractivity contribution in [1.82, 2.24) is 0 Å². The molecular formula is C24H30O4. The van der Waals surface area contributed by atoms with Crippen molar-refractivity contribution in [3.63, 3.8) is 0 Å². The monoisotopic (exact) mass is 382 g/mol. The number of allylic oxidation sites excluding steroid dienone is 2. The minimum atomic E-state index is -0.415. The smallest absolute Gasteiger partial charge is 0.331 e. The molecule has 0 saturated heterocycles. The molecule has 2 aliphatic rings. The number of hydrogen-bond acceptors (Lipinski definition) is 4. The first-order valence-electron chi connectivity index (χ1n) is 9.92. The van der Waals surface area contributed by atoms with E-state index in [1.54, 1.807) is 12.1 Å². The molecule has 150 valence electrons. The zero-order valence-corrected chi connectivity index (χ0v) is 16.9. The number of phenols is 2. The Bertz CT molecular complexity index is 831. The maximum atomic E-state index is 12.4. The predicted octanol–water partition coefficient (Wildman–Crippen LogP) is 5.37. The maximum Gasteiger partial charge on any atom is 0.331 e. The van der Waals surface area contributed by atoms with Gasteiger partial charge in [0.25, 0.3) is 0 Å². The number of rotatable bonds is 3. The fourth-order valence-corrected chi connectivity index (χ4v) is 4.61. The van der Waals surface area contributed by atoms with Crippen molar-refractivity contribution < 1.29 is 19.7 Å². The molecule has 1 aromatic rings. The lowest BCUT2D eigenvalue weighted by Gasteiger charge is -2.44. The molecule has 0 amide bonds. The number of ether oxygens (including phenoxy) is 1. The van der Waals surface area contributed by atoms with Gasteiger partial charge in [0.05, 0.1) is 0 Å². The topological polar surface area (TPSA) is 66.8 Å². The molecule has 3 atom stereocenters. The summed E-state index contributed by atoms with van der Waals surface area (Å²) in [4.78, 5) is 12.4. The van der Waals surface area contributed by atoms with E-state index in [9.17, 15) is 15.0 Å². The molecule has 1 saturated carbocycles. The van der Waals surface area contributed by atoms with E-state index in [4.69, 9.17) is 4.74 Å². The number of benzene rings is 1. The Balaban J connectivity index is 1.74. The minimum Gasteiger partial charge on any atom is -0.504 e. The first kappa shape index (κ1) is 20.2. The second-order valence-corrected chi connectivity index (χ2v) is 8.84. The number of hydrogen-bond donors (Lipinski definition) is 2. The van der Waals surface area contributed by atoms with Gasteiger partial charge in [-0.15, -0.1) is 0 Å². The van der Waals surface area contributed by atoms with Crippen LogP contribution in [0.1, 0.15) is 52.0 Å². The lowest BCUT2D eigenvalue weighted by atomic mass is 9.61. The highest BCUT2D eigenvalue weighted by molar-refractivity contribution is 5.87. The Labute approximate surface area is 167 Å². The first-order valence-corrected chi connectivity index (χ1v) is 9.92. The van der Waals surface area contributed by atoms with Crippen LogP contribution in [0.25, 0.3) is 6.08 Å². The molecule has 2 bridgehead atoms. The van der Waals surface area contributed by atoms with Crippen molar-refractivity contribution >= 4 is 12.0 Å². The van der Waals surface area contributed by atoms with Gasteiger partial charge in [0.2, 0.25) is 0 Å². The number of carbonyl (C=O) groups is 1. The second-order valence-electron chi connectivity index (χ2n) is 8.84. The van der Waals surface area contributed by atoms with Gasteiger partial charge in [0.1, 0.15) is 6.10 Å². The van der Waals surface area contributed by atoms with Crippen LogP contribution in [-0.4, -0.2) is 22.3 Å². The van der Waals surface area contributed by atoms with Crippen LogP contribution < -0.4 is 0 Å². The van der Waals surface area contributed by atoms with Crippen LogP contribution in [-0.2, 0) is 9.53 Å². The molecule has 0 spiro atoms. The van der Waals surface area contributed by atoms with Gasteiger partial charge in [-0.25, -0.2) is 4.79 Å². The second kappa shape index (κ2) is 7.86. The van der Waals surface area contributed by atoms with Gasteiger partial charge < -0.3 is 14.9 Å². The summed E-state index contributed by atoms with van der Waals surface area (Å²) in [7, 11) is 0. The fraction of sp³-hybridized carbons (Fsp3) is 0.458. The fourth-order valence-electron chi connectivity index (χ4n) is 4.61. The summed E-state index contributed by atoms with van der Waals surface area (Å²) in [5.41, 5.74) is 3.26. The van der Waals surface area contributed by atoms with E-state index in [2.05, 4.69) is 33.4 Å². The van der Waals surface area contributed by atoms with Crippen molar-refractivity contribution in [2.24, 2.45) is 17.3 Å². The molecule has 28 heavy (non-hydrogen) atoms. The lowest BCUT2D eigenvalue weighted by molar-refractivity contribution is -0.142. The zero-order valence-electron chi connectivity index (χ0n) is 16.9. The highest BCUT2D eigenvalue weighted by Gasteiger charge is 2.40. The average molecular weight is 383 g/mol. The molecule has 1 aromatic carbocycles. The summed E-state index contributed by atoms with van der Waals surface area (Å²) in [6.45, 7) is 10.9. The van der Waals surface area contributed by atoms with Crippen molar-refractivity contribution in [1.29, 1.82) is 0 Å². The van der Waals surface area contributed by atoms with Crippen LogP contribution >= 0.6 is 0 Å². The van der Waals surface area contributed by atoms with Gasteiger partial charge in [0.15, 0.2) is 11.5 Å². The normalized spacial score (nSPS) is 28.9. The molecule has 3 rings (SSSR count). The van der Waals surface area contributed by atoms with Crippen LogP contribution in [0, 0.1) is 17.3 Å². The number of esters is 1. The Morgan fingerprint density at radius 2 is 2.04 bits per heavy atom. The van der Waals surface area contributed by atoms with E-state index in [0.717, 1.165) is 25.7 Å². The highest BCUT2D eigenvalue weighted by Crippen LogP contribution is 2.49. The summed E-state index contributed by atoms with van der Waals surface area (Å²) in [5, 5.41) is 18.9. The van der Waals surface area contributed by atoms with E-state index >= 15 is 0 Å². The summed E-state index contributed by atoms with van der Waals surface area (Å²) in [6, 6.07) is 4.40. The molecule has 1 fully saturated rings. The van der Waals surface area contributed by atoms with Crippen molar-refractivity contribution in [2.75, 3.05) is 0 Å². The third-order valence-corrected chi connectivity index (χ3v) is 6.27. The predicted molar refractivity (Wildman–Crippen MR) is 111 cm³/mol. The number of carbonyl (C=O) groups excluding carboxylic acids is 1. The quantitative estimate of drug-likeness (QED) is 0.319. The molecule has 0 aromatic heterocycles. The molecule has 3 unspecified atom stereocenters. The van der Waals surface area contributed by atoms with Gasteiger partial charge >= 0.3 is 5.97 Å². The summed E-state index contributed by atoms with van der Waals surface area (Å²) < 4.78 is 5.77. The molecule has 2 N–H and O–H groups in total. The Morgan fingerprint density at radius 1 is 1.29 bits per heavy atom. The van der Waals surface area contributed by atoms with Gasteiger partial charge in [-0.05, 0) is 79.7 Å². The maximum absolute atomic E-state index is 12.4. The molecule has 0 heterocycles. The SMILES string of the molecule is C=C1CCC2CC1C(C)(C)CC(OC(=O)/C=C/c1ccc(O)c(O)c1)/C=C\2C. The van der Waals surface area contributed by atoms with E-state index in [-0.39, 0.29) is 23.0 Å². The van der Waals surface area contributed by atoms with E-state index < -0.39 is 5.97 Å². The minimum absolute atomic E-state index is 0.0182. The standard InChI is InChI=1S/C24H30O4/c1-15-5-8-18-13-20(15)24(3,4)14-19(11-16(18)2)28-23(27)10-7-17-6-9-21(25)22(26)12-17/h6-7,9-12,18-20,25-26H,1,5,8,13-14H2,2-4H3/b10-7+,16-11-. The van der Waals surface area contributed by atoms with Crippen molar-refractivity contribution in [3.8, 4) is 11.5 Å². The molecule has 0 aliphatic heterocycles. The van der Waals surface area contributed by atoms with Gasteiger partial charge in [-0.1, -0.05) is 37.6 Å². The van der Waals surface area contributed by atoms with E-state index in [1.165, 1.54) is 29.4 Å². The van der Waals surface area contributed by atoms with E-state index in [1.807, 2.05) is 0 Å². The van der Waals surface area contributed by atoms with Crippen LogP contribution in [0.5, 0.6) is 11.5 Å². The summed E-state index contributed by atoms with van der Waals surface area (Å²) in [5.74, 6) is 0.159.